The van der Waals surface area contributed by atoms with E-state index in [0.29, 0.717) is 12.6 Å². The number of amides is 1. The van der Waals surface area contributed by atoms with Crippen LogP contribution in [0.4, 0.5) is 4.79 Å². The van der Waals surface area contributed by atoms with Crippen molar-refractivity contribution in [1.29, 1.82) is 0 Å². The summed E-state index contributed by atoms with van der Waals surface area (Å²) in [7, 11) is 0. The maximum atomic E-state index is 11.8. The zero-order chi connectivity index (χ0) is 14.2. The average molecular weight is 276 g/mol. The van der Waals surface area contributed by atoms with Crippen LogP contribution >= 0.6 is 0 Å². The Morgan fingerprint density at radius 3 is 2.75 bits per heavy atom. The van der Waals surface area contributed by atoms with Gasteiger partial charge in [-0.05, 0) is 37.8 Å². The largest absolute Gasteiger partial charge is 0.445 e. The van der Waals surface area contributed by atoms with E-state index in [4.69, 9.17) is 4.74 Å². The normalized spacial score (nSPS) is 22.2. The Balaban J connectivity index is 1.71. The van der Waals surface area contributed by atoms with Crippen LogP contribution in [0.15, 0.2) is 30.3 Å². The first-order chi connectivity index (χ1) is 9.78. The van der Waals surface area contributed by atoms with Crippen LogP contribution in [0.3, 0.4) is 0 Å². The Hall–Kier alpha value is -1.55. The number of carbonyl (C=O) groups excluding carboxylic acids is 1. The van der Waals surface area contributed by atoms with Gasteiger partial charge in [-0.2, -0.15) is 0 Å². The van der Waals surface area contributed by atoms with Crippen molar-refractivity contribution in [3.63, 3.8) is 0 Å². The lowest BCUT2D eigenvalue weighted by Crippen LogP contribution is -2.44. The van der Waals surface area contributed by atoms with E-state index in [1.807, 2.05) is 30.3 Å². The van der Waals surface area contributed by atoms with Gasteiger partial charge in [-0.3, -0.25) is 0 Å². The van der Waals surface area contributed by atoms with Crippen LogP contribution in [0.2, 0.25) is 0 Å². The number of ether oxygens (including phenoxy) is 1. The predicted molar refractivity (Wildman–Crippen MR) is 79.5 cm³/mol. The van der Waals surface area contributed by atoms with Crippen LogP contribution in [-0.2, 0) is 11.3 Å². The van der Waals surface area contributed by atoms with Crippen molar-refractivity contribution in [2.24, 2.45) is 0 Å². The number of hydrogen-bond acceptors (Lipinski definition) is 3. The average Bonchev–Trinajstić information content (AvgIpc) is 2.47. The second-order valence-corrected chi connectivity index (χ2v) is 5.32. The van der Waals surface area contributed by atoms with Gasteiger partial charge in [0.1, 0.15) is 6.61 Å². The minimum absolute atomic E-state index is 0.232. The molecule has 0 radical (unpaired) electrons. The van der Waals surface area contributed by atoms with Crippen molar-refractivity contribution in [2.75, 3.05) is 6.54 Å². The lowest BCUT2D eigenvalue weighted by atomic mass is 9.91. The van der Waals surface area contributed by atoms with Crippen LogP contribution in [0.5, 0.6) is 0 Å². The zero-order valence-corrected chi connectivity index (χ0v) is 12.1. The molecule has 2 rings (SSSR count). The van der Waals surface area contributed by atoms with Gasteiger partial charge in [0.25, 0.3) is 0 Å². The molecular formula is C16H24N2O2. The Kier molecular flexibility index (Phi) is 5.87. The molecule has 0 unspecified atom stereocenters. The molecule has 0 bridgehead atoms. The molecule has 1 aliphatic rings. The fourth-order valence-corrected chi connectivity index (χ4v) is 2.73. The van der Waals surface area contributed by atoms with E-state index in [0.717, 1.165) is 31.4 Å². The summed E-state index contributed by atoms with van der Waals surface area (Å²) >= 11 is 0. The monoisotopic (exact) mass is 276 g/mol. The van der Waals surface area contributed by atoms with Gasteiger partial charge >= 0.3 is 6.09 Å². The first-order valence-electron chi connectivity index (χ1n) is 7.48. The molecule has 2 N–H and O–H groups in total. The molecule has 0 aliphatic heterocycles. The molecular weight excluding hydrogens is 252 g/mol. The van der Waals surface area contributed by atoms with Crippen molar-refractivity contribution in [1.82, 2.24) is 10.6 Å². The van der Waals surface area contributed by atoms with Gasteiger partial charge < -0.3 is 15.4 Å². The fourth-order valence-electron chi connectivity index (χ4n) is 2.73. The summed E-state index contributed by atoms with van der Waals surface area (Å²) in [6.45, 7) is 3.43. The third-order valence-electron chi connectivity index (χ3n) is 3.70. The summed E-state index contributed by atoms with van der Waals surface area (Å²) < 4.78 is 5.26. The van der Waals surface area contributed by atoms with Gasteiger partial charge in [0.15, 0.2) is 0 Å². The number of alkyl carbamates (subject to hydrolysis) is 1. The maximum Gasteiger partial charge on any atom is 0.407 e. The van der Waals surface area contributed by atoms with E-state index in [1.165, 1.54) is 6.42 Å². The molecule has 110 valence electrons. The molecule has 0 spiro atoms. The molecule has 4 nitrogen and oxygen atoms in total. The number of benzene rings is 1. The quantitative estimate of drug-likeness (QED) is 0.869. The van der Waals surface area contributed by atoms with Gasteiger partial charge in [0.05, 0.1) is 0 Å². The van der Waals surface area contributed by atoms with Crippen molar-refractivity contribution in [2.45, 2.75) is 51.3 Å². The number of carbonyl (C=O) groups is 1. The predicted octanol–water partition coefficient (Wildman–Crippen LogP) is 2.83. The summed E-state index contributed by atoms with van der Waals surface area (Å²) in [5.41, 5.74) is 1.01. The molecule has 1 fully saturated rings. The molecule has 1 aromatic carbocycles. The summed E-state index contributed by atoms with van der Waals surface area (Å²) in [5.74, 6) is 0. The van der Waals surface area contributed by atoms with Gasteiger partial charge in [-0.1, -0.05) is 37.3 Å². The van der Waals surface area contributed by atoms with Gasteiger partial charge in [0.2, 0.25) is 0 Å². The minimum Gasteiger partial charge on any atom is -0.445 e. The first-order valence-corrected chi connectivity index (χ1v) is 7.48. The smallest absolute Gasteiger partial charge is 0.407 e. The molecule has 0 saturated heterocycles. The summed E-state index contributed by atoms with van der Waals surface area (Å²) in [4.78, 5) is 11.8. The Labute approximate surface area is 120 Å². The van der Waals surface area contributed by atoms with Crippen molar-refractivity contribution < 1.29 is 9.53 Å². The Bertz CT molecular complexity index is 406. The standard InChI is InChI=1S/C16H24N2O2/c1-2-17-14-9-6-10-15(11-14)18-16(19)20-12-13-7-4-3-5-8-13/h3-5,7-8,14-15,17H,2,6,9-12H2,1H3,(H,18,19)/t14-,15+/m0/s1. The molecule has 1 aliphatic carbocycles. The number of nitrogens with one attached hydrogen (secondary N) is 2. The topological polar surface area (TPSA) is 50.4 Å². The molecule has 2 atom stereocenters. The second kappa shape index (κ2) is 7.90. The molecule has 4 heteroatoms. The van der Waals surface area contributed by atoms with E-state index in [2.05, 4.69) is 17.6 Å². The Morgan fingerprint density at radius 2 is 2.00 bits per heavy atom. The van der Waals surface area contributed by atoms with Gasteiger partial charge in [-0.25, -0.2) is 4.79 Å². The van der Waals surface area contributed by atoms with E-state index in [-0.39, 0.29) is 12.1 Å². The lowest BCUT2D eigenvalue weighted by Gasteiger charge is -2.29. The molecule has 0 aromatic heterocycles. The second-order valence-electron chi connectivity index (χ2n) is 5.32. The molecule has 1 aromatic rings. The van der Waals surface area contributed by atoms with Crippen LogP contribution in [-0.4, -0.2) is 24.7 Å². The van der Waals surface area contributed by atoms with Crippen LogP contribution < -0.4 is 10.6 Å². The van der Waals surface area contributed by atoms with Crippen molar-refractivity contribution >= 4 is 6.09 Å². The van der Waals surface area contributed by atoms with Crippen LogP contribution in [0.1, 0.15) is 38.2 Å². The minimum atomic E-state index is -0.309. The lowest BCUT2D eigenvalue weighted by molar-refractivity contribution is 0.131. The highest BCUT2D eigenvalue weighted by Crippen LogP contribution is 2.18. The first kappa shape index (κ1) is 14.9. The highest BCUT2D eigenvalue weighted by molar-refractivity contribution is 5.67. The molecule has 1 saturated carbocycles. The highest BCUT2D eigenvalue weighted by Gasteiger charge is 2.22. The highest BCUT2D eigenvalue weighted by atomic mass is 16.5. The summed E-state index contributed by atoms with van der Waals surface area (Å²) in [6.07, 6.45) is 4.08. The summed E-state index contributed by atoms with van der Waals surface area (Å²) in [5, 5.41) is 6.43. The number of hydrogen-bond donors (Lipinski definition) is 2. The molecule has 0 heterocycles. The third-order valence-corrected chi connectivity index (χ3v) is 3.70. The number of rotatable bonds is 5. The van der Waals surface area contributed by atoms with Crippen molar-refractivity contribution in [3.05, 3.63) is 35.9 Å². The van der Waals surface area contributed by atoms with E-state index in [1.54, 1.807) is 0 Å². The van der Waals surface area contributed by atoms with Crippen LogP contribution in [0.25, 0.3) is 0 Å². The fraction of sp³-hybridized carbons (Fsp3) is 0.562. The molecule has 20 heavy (non-hydrogen) atoms. The van der Waals surface area contributed by atoms with Crippen LogP contribution in [0, 0.1) is 0 Å². The van der Waals surface area contributed by atoms with E-state index < -0.39 is 0 Å². The maximum absolute atomic E-state index is 11.8. The van der Waals surface area contributed by atoms with Gasteiger partial charge in [-0.15, -0.1) is 0 Å². The SMILES string of the molecule is CCN[C@H]1CCC[C@@H](NC(=O)OCc2ccccc2)C1. The zero-order valence-electron chi connectivity index (χ0n) is 12.1. The van der Waals surface area contributed by atoms with Crippen molar-refractivity contribution in [3.8, 4) is 0 Å². The summed E-state index contributed by atoms with van der Waals surface area (Å²) in [6, 6.07) is 10.5. The third kappa shape index (κ3) is 4.85. The van der Waals surface area contributed by atoms with E-state index >= 15 is 0 Å². The Morgan fingerprint density at radius 1 is 1.25 bits per heavy atom. The van der Waals surface area contributed by atoms with E-state index in [9.17, 15) is 4.79 Å². The van der Waals surface area contributed by atoms with Gasteiger partial charge in [0, 0.05) is 12.1 Å². The molecule has 1 amide bonds.